The summed E-state index contributed by atoms with van der Waals surface area (Å²) in [6.07, 6.45) is 4.93. The summed E-state index contributed by atoms with van der Waals surface area (Å²) in [6, 6.07) is 0. The minimum atomic E-state index is -0.123. The van der Waals surface area contributed by atoms with Crippen LogP contribution in [-0.2, 0) is 6.61 Å². The van der Waals surface area contributed by atoms with Crippen LogP contribution < -0.4 is 0 Å². The number of fused-ring (bicyclic) bond motifs is 1. The Balaban J connectivity index is 2.82. The van der Waals surface area contributed by atoms with Crippen LogP contribution in [0.4, 0.5) is 0 Å². The van der Waals surface area contributed by atoms with Crippen LogP contribution in [0.5, 0.6) is 0 Å². The van der Waals surface area contributed by atoms with Crippen LogP contribution >= 0.6 is 11.6 Å². The standard InChI is InChI=1S/C7H6ClN3O/c8-7-10-5(4-12)6-3-9-1-2-11(6)7/h1-3,12H,4H2. The molecular weight excluding hydrogens is 178 g/mol. The van der Waals surface area contributed by atoms with Crippen molar-refractivity contribution in [2.75, 3.05) is 0 Å². The zero-order chi connectivity index (χ0) is 8.55. The van der Waals surface area contributed by atoms with Crippen molar-refractivity contribution in [2.24, 2.45) is 0 Å². The predicted molar refractivity (Wildman–Crippen MR) is 43.9 cm³/mol. The zero-order valence-corrected chi connectivity index (χ0v) is 6.86. The molecule has 0 amide bonds. The molecule has 1 N–H and O–H groups in total. The molecule has 0 saturated carbocycles. The molecule has 0 bridgehead atoms. The fraction of sp³-hybridized carbons (Fsp3) is 0.143. The minimum Gasteiger partial charge on any atom is -0.390 e. The van der Waals surface area contributed by atoms with E-state index in [9.17, 15) is 0 Å². The minimum absolute atomic E-state index is 0.123. The van der Waals surface area contributed by atoms with Crippen LogP contribution in [0.3, 0.4) is 0 Å². The van der Waals surface area contributed by atoms with Gasteiger partial charge in [0, 0.05) is 12.4 Å². The average molecular weight is 184 g/mol. The third-order valence-electron chi connectivity index (χ3n) is 1.63. The number of nitrogens with zero attached hydrogens (tertiary/aromatic N) is 3. The Morgan fingerprint density at radius 3 is 3.17 bits per heavy atom. The van der Waals surface area contributed by atoms with Gasteiger partial charge < -0.3 is 5.11 Å². The lowest BCUT2D eigenvalue weighted by Crippen LogP contribution is -1.86. The highest BCUT2D eigenvalue weighted by Crippen LogP contribution is 2.14. The molecule has 2 heterocycles. The van der Waals surface area contributed by atoms with Gasteiger partial charge in [-0.15, -0.1) is 0 Å². The van der Waals surface area contributed by atoms with Crippen LogP contribution in [0.2, 0.25) is 5.28 Å². The van der Waals surface area contributed by atoms with E-state index in [1.807, 2.05) is 0 Å². The van der Waals surface area contributed by atoms with Gasteiger partial charge in [0.05, 0.1) is 24.0 Å². The second kappa shape index (κ2) is 2.73. The number of aromatic nitrogens is 3. The van der Waals surface area contributed by atoms with Crippen molar-refractivity contribution in [2.45, 2.75) is 6.61 Å². The highest BCUT2D eigenvalue weighted by molar-refractivity contribution is 6.28. The van der Waals surface area contributed by atoms with Crippen LogP contribution in [-0.4, -0.2) is 19.5 Å². The zero-order valence-electron chi connectivity index (χ0n) is 6.11. The van der Waals surface area contributed by atoms with Gasteiger partial charge in [-0.05, 0) is 11.6 Å². The van der Waals surface area contributed by atoms with E-state index < -0.39 is 0 Å². The molecule has 2 aromatic heterocycles. The molecule has 0 aliphatic rings. The molecule has 0 radical (unpaired) electrons. The molecule has 0 atom stereocenters. The maximum absolute atomic E-state index is 8.89. The molecule has 0 saturated heterocycles. The van der Waals surface area contributed by atoms with Crippen LogP contribution in [0, 0.1) is 0 Å². The van der Waals surface area contributed by atoms with Crippen molar-refractivity contribution in [3.05, 3.63) is 29.6 Å². The summed E-state index contributed by atoms with van der Waals surface area (Å²) in [4.78, 5) is 7.85. The smallest absolute Gasteiger partial charge is 0.207 e. The second-order valence-electron chi connectivity index (χ2n) is 2.32. The fourth-order valence-corrected chi connectivity index (χ4v) is 1.32. The monoisotopic (exact) mass is 183 g/mol. The van der Waals surface area contributed by atoms with E-state index in [0.717, 1.165) is 5.52 Å². The first kappa shape index (κ1) is 7.52. The summed E-state index contributed by atoms with van der Waals surface area (Å²) in [5.41, 5.74) is 1.29. The van der Waals surface area contributed by atoms with Gasteiger partial charge in [-0.25, -0.2) is 4.98 Å². The molecule has 0 spiro atoms. The van der Waals surface area contributed by atoms with Gasteiger partial charge in [-0.3, -0.25) is 9.38 Å². The number of halogens is 1. The van der Waals surface area contributed by atoms with Gasteiger partial charge in [0.2, 0.25) is 5.28 Å². The molecule has 0 aliphatic carbocycles. The van der Waals surface area contributed by atoms with Crippen LogP contribution in [0.25, 0.3) is 5.52 Å². The van der Waals surface area contributed by atoms with Crippen molar-refractivity contribution in [3.63, 3.8) is 0 Å². The fourth-order valence-electron chi connectivity index (χ4n) is 1.07. The predicted octanol–water partition coefficient (Wildman–Crippen LogP) is 0.875. The average Bonchev–Trinajstić information content (AvgIpc) is 2.44. The van der Waals surface area contributed by atoms with E-state index >= 15 is 0 Å². The molecule has 2 rings (SSSR count). The third-order valence-corrected chi connectivity index (χ3v) is 1.90. The first-order valence-electron chi connectivity index (χ1n) is 3.40. The van der Waals surface area contributed by atoms with Crippen molar-refractivity contribution in [3.8, 4) is 0 Å². The molecule has 12 heavy (non-hydrogen) atoms. The van der Waals surface area contributed by atoms with Gasteiger partial charge >= 0.3 is 0 Å². The topological polar surface area (TPSA) is 50.4 Å². The quantitative estimate of drug-likeness (QED) is 0.714. The highest BCUT2D eigenvalue weighted by Gasteiger charge is 2.06. The van der Waals surface area contributed by atoms with E-state index in [1.54, 1.807) is 23.0 Å². The van der Waals surface area contributed by atoms with E-state index in [1.165, 1.54) is 0 Å². The number of aliphatic hydroxyl groups is 1. The Kier molecular flexibility index (Phi) is 1.71. The first-order chi connectivity index (χ1) is 5.83. The van der Waals surface area contributed by atoms with E-state index in [-0.39, 0.29) is 6.61 Å². The Morgan fingerprint density at radius 1 is 1.58 bits per heavy atom. The molecule has 0 aromatic carbocycles. The molecule has 5 heteroatoms. The number of aliphatic hydroxyl groups excluding tert-OH is 1. The van der Waals surface area contributed by atoms with Crippen LogP contribution in [0.15, 0.2) is 18.6 Å². The Morgan fingerprint density at radius 2 is 2.42 bits per heavy atom. The van der Waals surface area contributed by atoms with E-state index in [2.05, 4.69) is 9.97 Å². The summed E-state index contributed by atoms with van der Waals surface area (Å²) in [5, 5.41) is 9.23. The van der Waals surface area contributed by atoms with Crippen LogP contribution in [0.1, 0.15) is 5.69 Å². The van der Waals surface area contributed by atoms with Crippen molar-refractivity contribution in [1.29, 1.82) is 0 Å². The van der Waals surface area contributed by atoms with Gasteiger partial charge in [-0.1, -0.05) is 0 Å². The van der Waals surface area contributed by atoms with Gasteiger partial charge in [-0.2, -0.15) is 0 Å². The maximum atomic E-state index is 8.89. The molecule has 0 unspecified atom stereocenters. The molecule has 0 aliphatic heterocycles. The Labute approximate surface area is 73.5 Å². The Hall–Kier alpha value is -1.13. The van der Waals surface area contributed by atoms with E-state index in [0.29, 0.717) is 11.0 Å². The molecule has 62 valence electrons. The molecule has 0 fully saturated rings. The number of rotatable bonds is 1. The lowest BCUT2D eigenvalue weighted by Gasteiger charge is -1.92. The maximum Gasteiger partial charge on any atom is 0.207 e. The summed E-state index contributed by atoms with van der Waals surface area (Å²) in [7, 11) is 0. The van der Waals surface area contributed by atoms with Gasteiger partial charge in [0.1, 0.15) is 0 Å². The summed E-state index contributed by atoms with van der Waals surface area (Å²) in [6.45, 7) is -0.123. The first-order valence-corrected chi connectivity index (χ1v) is 3.78. The largest absolute Gasteiger partial charge is 0.390 e. The molecule has 2 aromatic rings. The third kappa shape index (κ3) is 0.964. The SMILES string of the molecule is OCc1nc(Cl)n2ccncc12. The van der Waals surface area contributed by atoms with Crippen molar-refractivity contribution in [1.82, 2.24) is 14.4 Å². The summed E-state index contributed by atoms with van der Waals surface area (Å²) >= 11 is 5.77. The lowest BCUT2D eigenvalue weighted by atomic mass is 10.4. The summed E-state index contributed by atoms with van der Waals surface area (Å²) in [5.74, 6) is 0. The normalized spacial score (nSPS) is 10.8. The van der Waals surface area contributed by atoms with Crippen molar-refractivity contribution >= 4 is 17.1 Å². The molecule has 4 nitrogen and oxygen atoms in total. The van der Waals surface area contributed by atoms with Crippen molar-refractivity contribution < 1.29 is 5.11 Å². The Bertz CT molecular complexity index is 412. The number of imidazole rings is 1. The molecular formula is C7H6ClN3O. The van der Waals surface area contributed by atoms with Gasteiger partial charge in [0.15, 0.2) is 0 Å². The number of hydrogen-bond donors (Lipinski definition) is 1. The summed E-state index contributed by atoms with van der Waals surface area (Å²) < 4.78 is 1.67. The lowest BCUT2D eigenvalue weighted by molar-refractivity contribution is 0.279. The highest BCUT2D eigenvalue weighted by atomic mass is 35.5. The second-order valence-corrected chi connectivity index (χ2v) is 2.66. The van der Waals surface area contributed by atoms with E-state index in [4.69, 9.17) is 16.7 Å². The number of hydrogen-bond acceptors (Lipinski definition) is 3. The van der Waals surface area contributed by atoms with Gasteiger partial charge in [0.25, 0.3) is 0 Å².